The molecule has 0 aliphatic rings. The zero-order chi connectivity index (χ0) is 15.4. The fourth-order valence-corrected chi connectivity index (χ4v) is 2.44. The van der Waals surface area contributed by atoms with E-state index in [1.165, 1.54) is 0 Å². The Balaban J connectivity index is 2.59. The molecule has 0 unspecified atom stereocenters. The Hall–Kier alpha value is -2.21. The number of nitrogens with zero attached hydrogens (tertiary/aromatic N) is 1. The molecule has 0 spiro atoms. The maximum Gasteiger partial charge on any atom is 0.323 e. The zero-order valence-electron chi connectivity index (χ0n) is 12.1. The van der Waals surface area contributed by atoms with Crippen molar-refractivity contribution in [2.75, 3.05) is 20.8 Å². The molecule has 21 heavy (non-hydrogen) atoms. The van der Waals surface area contributed by atoms with Crippen LogP contribution in [0.3, 0.4) is 0 Å². The van der Waals surface area contributed by atoms with E-state index >= 15 is 0 Å². The number of hydrogen-bond donors (Lipinski definition) is 2. The second kappa shape index (κ2) is 6.49. The number of hydrogen-bond acceptors (Lipinski definition) is 4. The van der Waals surface area contributed by atoms with Gasteiger partial charge in [-0.15, -0.1) is 0 Å². The van der Waals surface area contributed by atoms with Gasteiger partial charge in [0.05, 0.1) is 19.7 Å². The van der Waals surface area contributed by atoms with Gasteiger partial charge in [0, 0.05) is 24.3 Å². The van der Waals surface area contributed by atoms with Crippen LogP contribution in [0.25, 0.3) is 10.9 Å². The smallest absolute Gasteiger partial charge is 0.323 e. The van der Waals surface area contributed by atoms with E-state index in [9.17, 15) is 4.79 Å². The Morgan fingerprint density at radius 2 is 1.90 bits per heavy atom. The van der Waals surface area contributed by atoms with Crippen LogP contribution in [0.2, 0.25) is 0 Å². The molecule has 2 N–H and O–H groups in total. The molecule has 0 aliphatic heterocycles. The molecule has 2 aromatic rings. The van der Waals surface area contributed by atoms with Crippen molar-refractivity contribution in [1.82, 2.24) is 4.57 Å². The summed E-state index contributed by atoms with van der Waals surface area (Å²) in [7, 11) is 3.10. The average Bonchev–Trinajstić information content (AvgIpc) is 2.80. The van der Waals surface area contributed by atoms with Crippen molar-refractivity contribution < 1.29 is 24.5 Å². The van der Waals surface area contributed by atoms with E-state index in [0.717, 1.165) is 16.5 Å². The molecule has 0 amide bonds. The number of carboxylic acids is 1. The number of aliphatic hydroxyl groups is 1. The number of carboxylic acid groups (broad SMARTS) is 1. The predicted molar refractivity (Wildman–Crippen MR) is 78.1 cm³/mol. The SMILES string of the molecule is COc1cc2c(CCCO)cn(CC(=O)O)c2cc1OC. The molecular formula is C15H19NO5. The van der Waals surface area contributed by atoms with Gasteiger partial charge in [-0.1, -0.05) is 0 Å². The normalized spacial score (nSPS) is 10.8. The van der Waals surface area contributed by atoms with E-state index in [1.807, 2.05) is 12.3 Å². The Kier molecular flexibility index (Phi) is 4.70. The van der Waals surface area contributed by atoms with Crippen LogP contribution in [0.4, 0.5) is 0 Å². The lowest BCUT2D eigenvalue weighted by molar-refractivity contribution is -0.137. The second-order valence-corrected chi connectivity index (χ2v) is 4.73. The van der Waals surface area contributed by atoms with Gasteiger partial charge in [0.25, 0.3) is 0 Å². The summed E-state index contributed by atoms with van der Waals surface area (Å²) in [4.78, 5) is 11.0. The van der Waals surface area contributed by atoms with Crippen LogP contribution in [0.1, 0.15) is 12.0 Å². The lowest BCUT2D eigenvalue weighted by atomic mass is 10.1. The van der Waals surface area contributed by atoms with Crippen LogP contribution in [0.5, 0.6) is 11.5 Å². The quantitative estimate of drug-likeness (QED) is 0.811. The Morgan fingerprint density at radius 1 is 1.24 bits per heavy atom. The minimum Gasteiger partial charge on any atom is -0.493 e. The molecule has 0 aliphatic carbocycles. The van der Waals surface area contributed by atoms with E-state index in [-0.39, 0.29) is 13.2 Å². The predicted octanol–water partition coefficient (Wildman–Crippen LogP) is 1.67. The summed E-state index contributed by atoms with van der Waals surface area (Å²) < 4.78 is 12.2. The van der Waals surface area contributed by atoms with Gasteiger partial charge in [-0.3, -0.25) is 4.79 Å². The average molecular weight is 293 g/mol. The molecule has 1 aromatic carbocycles. The minimum absolute atomic E-state index is 0.0961. The van der Waals surface area contributed by atoms with E-state index in [2.05, 4.69) is 0 Å². The molecule has 0 fully saturated rings. The molecule has 6 heteroatoms. The van der Waals surface area contributed by atoms with E-state index in [0.29, 0.717) is 24.3 Å². The van der Waals surface area contributed by atoms with Gasteiger partial charge >= 0.3 is 5.97 Å². The number of ether oxygens (including phenoxy) is 2. The highest BCUT2D eigenvalue weighted by atomic mass is 16.5. The minimum atomic E-state index is -0.907. The Morgan fingerprint density at radius 3 is 2.48 bits per heavy atom. The molecule has 0 radical (unpaired) electrons. The molecule has 0 saturated carbocycles. The van der Waals surface area contributed by atoms with Crippen molar-refractivity contribution in [2.45, 2.75) is 19.4 Å². The summed E-state index contributed by atoms with van der Waals surface area (Å²) >= 11 is 0. The fourth-order valence-electron chi connectivity index (χ4n) is 2.44. The molecule has 1 aromatic heterocycles. The Labute approximate surface area is 122 Å². The highest BCUT2D eigenvalue weighted by molar-refractivity contribution is 5.88. The van der Waals surface area contributed by atoms with Crippen LogP contribution in [0, 0.1) is 0 Å². The first kappa shape index (κ1) is 15.2. The summed E-state index contributed by atoms with van der Waals surface area (Å²) in [5, 5.41) is 18.9. The molecule has 0 atom stereocenters. The number of aliphatic hydroxyl groups excluding tert-OH is 1. The zero-order valence-corrected chi connectivity index (χ0v) is 12.1. The number of aromatic nitrogens is 1. The van der Waals surface area contributed by atoms with Crippen molar-refractivity contribution >= 4 is 16.9 Å². The summed E-state index contributed by atoms with van der Waals surface area (Å²) in [6, 6.07) is 3.62. The maximum absolute atomic E-state index is 11.0. The fraction of sp³-hybridized carbons (Fsp3) is 0.400. The first-order valence-corrected chi connectivity index (χ1v) is 6.67. The molecule has 114 valence electrons. The first-order valence-electron chi connectivity index (χ1n) is 6.67. The largest absolute Gasteiger partial charge is 0.493 e. The van der Waals surface area contributed by atoms with Gasteiger partial charge in [0.15, 0.2) is 11.5 Å². The van der Waals surface area contributed by atoms with Crippen LogP contribution in [0.15, 0.2) is 18.3 Å². The van der Waals surface area contributed by atoms with Gasteiger partial charge in [-0.2, -0.15) is 0 Å². The summed E-state index contributed by atoms with van der Waals surface area (Å²) in [6.07, 6.45) is 3.11. The van der Waals surface area contributed by atoms with Gasteiger partial charge in [0.2, 0.25) is 0 Å². The van der Waals surface area contributed by atoms with Crippen molar-refractivity contribution in [2.24, 2.45) is 0 Å². The van der Waals surface area contributed by atoms with Gasteiger partial charge < -0.3 is 24.3 Å². The van der Waals surface area contributed by atoms with Crippen molar-refractivity contribution in [3.05, 3.63) is 23.9 Å². The maximum atomic E-state index is 11.0. The standard InChI is InChI=1S/C15H19NO5/c1-20-13-6-11-10(4-3-5-17)8-16(9-15(18)19)12(11)7-14(13)21-2/h6-8,17H,3-5,9H2,1-2H3,(H,18,19). The van der Waals surface area contributed by atoms with Crippen LogP contribution in [-0.2, 0) is 17.8 Å². The number of rotatable bonds is 7. The van der Waals surface area contributed by atoms with Crippen molar-refractivity contribution in [1.29, 1.82) is 0 Å². The number of methoxy groups -OCH3 is 2. The third kappa shape index (κ3) is 3.11. The highest BCUT2D eigenvalue weighted by Crippen LogP contribution is 2.35. The van der Waals surface area contributed by atoms with Gasteiger partial charge in [-0.05, 0) is 24.5 Å². The van der Waals surface area contributed by atoms with Crippen molar-refractivity contribution in [3.8, 4) is 11.5 Å². The number of carbonyl (C=O) groups is 1. The third-order valence-corrected chi connectivity index (χ3v) is 3.38. The summed E-state index contributed by atoms with van der Waals surface area (Å²) in [6.45, 7) is -0.0238. The topological polar surface area (TPSA) is 80.9 Å². The lowest BCUT2D eigenvalue weighted by Crippen LogP contribution is -2.07. The van der Waals surface area contributed by atoms with E-state index < -0.39 is 5.97 Å². The van der Waals surface area contributed by atoms with E-state index in [1.54, 1.807) is 24.9 Å². The monoisotopic (exact) mass is 293 g/mol. The van der Waals surface area contributed by atoms with Crippen LogP contribution >= 0.6 is 0 Å². The number of fused-ring (bicyclic) bond motifs is 1. The number of aliphatic carboxylic acids is 1. The number of benzene rings is 1. The summed E-state index contributed by atoms with van der Waals surface area (Å²) in [5.74, 6) is 0.252. The number of aryl methyl sites for hydroxylation is 1. The third-order valence-electron chi connectivity index (χ3n) is 3.38. The molecular weight excluding hydrogens is 274 g/mol. The molecule has 0 saturated heterocycles. The highest BCUT2D eigenvalue weighted by Gasteiger charge is 2.15. The molecule has 6 nitrogen and oxygen atoms in total. The molecule has 1 heterocycles. The first-order chi connectivity index (χ1) is 10.1. The summed E-state index contributed by atoms with van der Waals surface area (Å²) in [5.41, 5.74) is 1.77. The second-order valence-electron chi connectivity index (χ2n) is 4.73. The molecule has 0 bridgehead atoms. The van der Waals surface area contributed by atoms with Crippen LogP contribution < -0.4 is 9.47 Å². The van der Waals surface area contributed by atoms with Crippen LogP contribution in [-0.4, -0.2) is 41.6 Å². The molecule has 2 rings (SSSR count). The Bertz CT molecular complexity index is 647. The van der Waals surface area contributed by atoms with E-state index in [4.69, 9.17) is 19.7 Å². The van der Waals surface area contributed by atoms with Crippen molar-refractivity contribution in [3.63, 3.8) is 0 Å². The lowest BCUT2D eigenvalue weighted by Gasteiger charge is -2.09. The van der Waals surface area contributed by atoms with Gasteiger partial charge in [-0.25, -0.2) is 0 Å². The van der Waals surface area contributed by atoms with Gasteiger partial charge in [0.1, 0.15) is 6.54 Å².